The molecule has 2 heteroatoms. The molecule has 3 aromatic rings. The van der Waals surface area contributed by atoms with Gasteiger partial charge in [0.15, 0.2) is 0 Å². The summed E-state index contributed by atoms with van der Waals surface area (Å²) in [6.45, 7) is 0.489. The number of rotatable bonds is 7. The first-order chi connectivity index (χ1) is 12.4. The van der Waals surface area contributed by atoms with Crippen LogP contribution in [0.15, 0.2) is 91.0 Å². The molecule has 0 saturated heterocycles. The van der Waals surface area contributed by atoms with Crippen molar-refractivity contribution in [2.24, 2.45) is 0 Å². The quantitative estimate of drug-likeness (QED) is 0.556. The standard InChI is InChI=1S/C23H22O2/c1-24-22-15-9-8-14-21(22)18-25-23(20-12-6-3-7-13-20)17-16-19-10-4-2-5-11-19/h2-17,23H,18H2,1H3/b17-16+/t23-/m0/s1. The van der Waals surface area contributed by atoms with Crippen LogP contribution in [0.4, 0.5) is 0 Å². The van der Waals surface area contributed by atoms with E-state index in [0.29, 0.717) is 6.61 Å². The van der Waals surface area contributed by atoms with Gasteiger partial charge in [0.1, 0.15) is 11.9 Å². The van der Waals surface area contributed by atoms with Crippen molar-refractivity contribution in [1.82, 2.24) is 0 Å². The van der Waals surface area contributed by atoms with Crippen LogP contribution in [0.1, 0.15) is 22.8 Å². The molecule has 3 aromatic carbocycles. The van der Waals surface area contributed by atoms with E-state index in [9.17, 15) is 0 Å². The Morgan fingerprint density at radius 1 is 0.800 bits per heavy atom. The normalized spacial score (nSPS) is 12.2. The van der Waals surface area contributed by atoms with E-state index in [1.165, 1.54) is 0 Å². The molecule has 25 heavy (non-hydrogen) atoms. The highest BCUT2D eigenvalue weighted by molar-refractivity contribution is 5.50. The summed E-state index contributed by atoms with van der Waals surface area (Å²) in [5.74, 6) is 0.848. The van der Waals surface area contributed by atoms with Crippen LogP contribution in [0.25, 0.3) is 6.08 Å². The Kier molecular flexibility index (Phi) is 6.02. The van der Waals surface area contributed by atoms with Crippen molar-refractivity contribution in [2.45, 2.75) is 12.7 Å². The third kappa shape index (κ3) is 4.82. The Labute approximate surface area is 149 Å². The molecule has 0 aliphatic carbocycles. The molecule has 3 rings (SSSR count). The van der Waals surface area contributed by atoms with E-state index in [4.69, 9.17) is 9.47 Å². The van der Waals surface area contributed by atoms with Crippen LogP contribution in [0.5, 0.6) is 5.75 Å². The lowest BCUT2D eigenvalue weighted by Gasteiger charge is -2.16. The monoisotopic (exact) mass is 330 g/mol. The summed E-state index contributed by atoms with van der Waals surface area (Å²) in [7, 11) is 1.68. The van der Waals surface area contributed by atoms with E-state index in [2.05, 4.69) is 36.4 Å². The second-order valence-corrected chi connectivity index (χ2v) is 5.72. The minimum absolute atomic E-state index is 0.119. The highest BCUT2D eigenvalue weighted by Crippen LogP contribution is 2.25. The predicted octanol–water partition coefficient (Wildman–Crippen LogP) is 5.67. The zero-order valence-electron chi connectivity index (χ0n) is 14.3. The first-order valence-corrected chi connectivity index (χ1v) is 8.38. The topological polar surface area (TPSA) is 18.5 Å². The molecule has 0 aromatic heterocycles. The smallest absolute Gasteiger partial charge is 0.124 e. The maximum Gasteiger partial charge on any atom is 0.124 e. The van der Waals surface area contributed by atoms with Gasteiger partial charge in [-0.3, -0.25) is 0 Å². The van der Waals surface area contributed by atoms with Gasteiger partial charge in [-0.1, -0.05) is 91.0 Å². The molecule has 0 saturated carbocycles. The van der Waals surface area contributed by atoms with E-state index in [1.807, 2.05) is 60.7 Å². The Morgan fingerprint density at radius 2 is 1.44 bits per heavy atom. The summed E-state index contributed by atoms with van der Waals surface area (Å²) in [6.07, 6.45) is 4.08. The Balaban J connectivity index is 1.78. The highest BCUT2D eigenvalue weighted by Gasteiger charge is 2.10. The highest BCUT2D eigenvalue weighted by atomic mass is 16.5. The van der Waals surface area contributed by atoms with Gasteiger partial charge in [-0.05, 0) is 17.2 Å². The molecule has 126 valence electrons. The summed E-state index contributed by atoms with van der Waals surface area (Å²) in [6, 6.07) is 28.5. The average molecular weight is 330 g/mol. The second kappa shape index (κ2) is 8.86. The number of hydrogen-bond donors (Lipinski definition) is 0. The molecule has 0 unspecified atom stereocenters. The summed E-state index contributed by atoms with van der Waals surface area (Å²) in [5.41, 5.74) is 3.33. The van der Waals surface area contributed by atoms with Crippen molar-refractivity contribution in [1.29, 1.82) is 0 Å². The molecule has 0 N–H and O–H groups in total. The van der Waals surface area contributed by atoms with Crippen molar-refractivity contribution in [3.05, 3.63) is 108 Å². The lowest BCUT2D eigenvalue weighted by atomic mass is 10.1. The van der Waals surface area contributed by atoms with Crippen LogP contribution in [0, 0.1) is 0 Å². The van der Waals surface area contributed by atoms with Crippen LogP contribution < -0.4 is 4.74 Å². The zero-order chi connectivity index (χ0) is 17.3. The summed E-state index contributed by atoms with van der Waals surface area (Å²) in [5, 5.41) is 0. The Bertz CT molecular complexity index is 795. The first kappa shape index (κ1) is 17.0. The molecule has 0 amide bonds. The Morgan fingerprint density at radius 3 is 2.16 bits per heavy atom. The van der Waals surface area contributed by atoms with Crippen molar-refractivity contribution in [2.75, 3.05) is 7.11 Å². The third-order valence-electron chi connectivity index (χ3n) is 4.00. The fourth-order valence-electron chi connectivity index (χ4n) is 2.67. The number of ether oxygens (including phenoxy) is 2. The number of para-hydroxylation sites is 1. The summed E-state index contributed by atoms with van der Waals surface area (Å²) >= 11 is 0. The molecule has 0 fully saturated rings. The third-order valence-corrected chi connectivity index (χ3v) is 4.00. The van der Waals surface area contributed by atoms with E-state index >= 15 is 0 Å². The SMILES string of the molecule is COc1ccccc1CO[C@@H](/C=C/c1ccccc1)c1ccccc1. The molecule has 0 aliphatic rings. The lowest BCUT2D eigenvalue weighted by molar-refractivity contribution is 0.0710. The fourth-order valence-corrected chi connectivity index (χ4v) is 2.67. The molecular weight excluding hydrogens is 308 g/mol. The molecule has 0 aliphatic heterocycles. The molecule has 1 atom stereocenters. The van der Waals surface area contributed by atoms with Gasteiger partial charge in [-0.25, -0.2) is 0 Å². The van der Waals surface area contributed by atoms with Gasteiger partial charge in [-0.15, -0.1) is 0 Å². The molecular formula is C23H22O2. The molecule has 0 bridgehead atoms. The fraction of sp³-hybridized carbons (Fsp3) is 0.130. The minimum Gasteiger partial charge on any atom is -0.496 e. The van der Waals surface area contributed by atoms with Crippen molar-refractivity contribution < 1.29 is 9.47 Å². The number of methoxy groups -OCH3 is 1. The Hall–Kier alpha value is -2.84. The summed E-state index contributed by atoms with van der Waals surface area (Å²) < 4.78 is 11.6. The van der Waals surface area contributed by atoms with Gasteiger partial charge in [0.25, 0.3) is 0 Å². The predicted molar refractivity (Wildman–Crippen MR) is 102 cm³/mol. The van der Waals surface area contributed by atoms with Crippen LogP contribution in [-0.2, 0) is 11.3 Å². The van der Waals surface area contributed by atoms with Gasteiger partial charge < -0.3 is 9.47 Å². The van der Waals surface area contributed by atoms with E-state index in [1.54, 1.807) is 7.11 Å². The van der Waals surface area contributed by atoms with Crippen molar-refractivity contribution >= 4 is 6.08 Å². The first-order valence-electron chi connectivity index (χ1n) is 8.38. The molecule has 2 nitrogen and oxygen atoms in total. The largest absolute Gasteiger partial charge is 0.496 e. The zero-order valence-corrected chi connectivity index (χ0v) is 14.3. The van der Waals surface area contributed by atoms with Crippen molar-refractivity contribution in [3.63, 3.8) is 0 Å². The molecule has 0 spiro atoms. The van der Waals surface area contributed by atoms with Crippen LogP contribution in [-0.4, -0.2) is 7.11 Å². The van der Waals surface area contributed by atoms with Gasteiger partial charge in [0, 0.05) is 5.56 Å². The van der Waals surface area contributed by atoms with Gasteiger partial charge in [0.05, 0.1) is 13.7 Å². The molecule has 0 heterocycles. The average Bonchev–Trinajstić information content (AvgIpc) is 2.70. The number of benzene rings is 3. The lowest BCUT2D eigenvalue weighted by Crippen LogP contribution is -2.03. The second-order valence-electron chi connectivity index (χ2n) is 5.72. The van der Waals surface area contributed by atoms with Crippen LogP contribution in [0.3, 0.4) is 0 Å². The maximum absolute atomic E-state index is 6.21. The minimum atomic E-state index is -0.119. The van der Waals surface area contributed by atoms with Gasteiger partial charge >= 0.3 is 0 Å². The van der Waals surface area contributed by atoms with E-state index in [-0.39, 0.29) is 6.10 Å². The summed E-state index contributed by atoms with van der Waals surface area (Å²) in [4.78, 5) is 0. The van der Waals surface area contributed by atoms with E-state index < -0.39 is 0 Å². The van der Waals surface area contributed by atoms with Gasteiger partial charge in [0.2, 0.25) is 0 Å². The molecule has 0 radical (unpaired) electrons. The van der Waals surface area contributed by atoms with Gasteiger partial charge in [-0.2, -0.15) is 0 Å². The number of hydrogen-bond acceptors (Lipinski definition) is 2. The maximum atomic E-state index is 6.21. The van der Waals surface area contributed by atoms with Crippen LogP contribution >= 0.6 is 0 Å². The van der Waals surface area contributed by atoms with Crippen molar-refractivity contribution in [3.8, 4) is 5.75 Å². The van der Waals surface area contributed by atoms with E-state index in [0.717, 1.165) is 22.4 Å². The van der Waals surface area contributed by atoms with Crippen LogP contribution in [0.2, 0.25) is 0 Å².